The maximum Gasteiger partial charge on any atom is 0.252 e. The van der Waals surface area contributed by atoms with Crippen molar-refractivity contribution < 1.29 is 13.6 Å². The summed E-state index contributed by atoms with van der Waals surface area (Å²) in [7, 11) is 0. The molecule has 0 saturated heterocycles. The van der Waals surface area contributed by atoms with Crippen LogP contribution in [-0.4, -0.2) is 12.5 Å². The van der Waals surface area contributed by atoms with Gasteiger partial charge in [-0.2, -0.15) is 0 Å². The molecule has 0 fully saturated rings. The first-order valence-electron chi connectivity index (χ1n) is 4.99. The predicted molar refractivity (Wildman–Crippen MR) is 58.6 cm³/mol. The Bertz CT molecular complexity index is 396. The van der Waals surface area contributed by atoms with Crippen LogP contribution >= 0.6 is 11.6 Å². The van der Waals surface area contributed by atoms with Gasteiger partial charge < -0.3 is 5.32 Å². The third-order valence-electron chi connectivity index (χ3n) is 2.07. The molecule has 0 saturated carbocycles. The summed E-state index contributed by atoms with van der Waals surface area (Å²) in [5.74, 6) is -2.63. The SMILES string of the molecule is CCCCNC(=O)c1cc(F)c(F)cc1Cl. The van der Waals surface area contributed by atoms with Crippen LogP contribution in [0.2, 0.25) is 5.02 Å². The fourth-order valence-electron chi connectivity index (χ4n) is 1.17. The van der Waals surface area contributed by atoms with Crippen molar-refractivity contribution in [1.82, 2.24) is 5.32 Å². The summed E-state index contributed by atoms with van der Waals surface area (Å²) < 4.78 is 25.6. The first kappa shape index (κ1) is 12.9. The molecule has 1 amide bonds. The van der Waals surface area contributed by atoms with Crippen molar-refractivity contribution in [2.45, 2.75) is 19.8 Å². The summed E-state index contributed by atoms with van der Waals surface area (Å²) in [6.07, 6.45) is 1.76. The summed E-state index contributed by atoms with van der Waals surface area (Å²) in [5, 5.41) is 2.48. The number of carbonyl (C=O) groups excluding carboxylic acids is 1. The Morgan fingerprint density at radius 1 is 1.38 bits per heavy atom. The minimum atomic E-state index is -1.08. The lowest BCUT2D eigenvalue weighted by Gasteiger charge is -2.06. The predicted octanol–water partition coefficient (Wildman–Crippen LogP) is 3.15. The summed E-state index contributed by atoms with van der Waals surface area (Å²) in [5.41, 5.74) is -0.0448. The highest BCUT2D eigenvalue weighted by Gasteiger charge is 2.14. The first-order valence-corrected chi connectivity index (χ1v) is 5.36. The van der Waals surface area contributed by atoms with Crippen LogP contribution < -0.4 is 5.32 Å². The number of hydrogen-bond donors (Lipinski definition) is 1. The monoisotopic (exact) mass is 247 g/mol. The molecule has 1 N–H and O–H groups in total. The Hall–Kier alpha value is -1.16. The minimum absolute atomic E-state index is 0.0448. The molecule has 5 heteroatoms. The third-order valence-corrected chi connectivity index (χ3v) is 2.38. The molecule has 0 radical (unpaired) electrons. The van der Waals surface area contributed by atoms with Crippen LogP contribution in [0, 0.1) is 11.6 Å². The molecule has 0 aliphatic rings. The highest BCUT2D eigenvalue weighted by atomic mass is 35.5. The van der Waals surface area contributed by atoms with Gasteiger partial charge in [-0.3, -0.25) is 4.79 Å². The molecule has 0 aromatic heterocycles. The van der Waals surface area contributed by atoms with Crippen LogP contribution in [0.3, 0.4) is 0 Å². The standard InChI is InChI=1S/C11H12ClF2NO/c1-2-3-4-15-11(16)7-5-9(13)10(14)6-8(7)12/h5-6H,2-4H2,1H3,(H,15,16). The molecule has 0 aliphatic heterocycles. The molecule has 1 rings (SSSR count). The zero-order chi connectivity index (χ0) is 12.1. The Kier molecular flexibility index (Phi) is 4.68. The number of hydrogen-bond acceptors (Lipinski definition) is 1. The second kappa shape index (κ2) is 5.80. The molecule has 0 unspecified atom stereocenters. The minimum Gasteiger partial charge on any atom is -0.352 e. The summed E-state index contributed by atoms with van der Waals surface area (Å²) in [4.78, 5) is 11.5. The Morgan fingerprint density at radius 3 is 2.62 bits per heavy atom. The van der Waals surface area contributed by atoms with E-state index in [2.05, 4.69) is 5.32 Å². The summed E-state index contributed by atoms with van der Waals surface area (Å²) >= 11 is 5.64. The van der Waals surface area contributed by atoms with E-state index in [1.807, 2.05) is 6.92 Å². The van der Waals surface area contributed by atoms with E-state index in [0.717, 1.165) is 25.0 Å². The van der Waals surface area contributed by atoms with Crippen LogP contribution in [-0.2, 0) is 0 Å². The van der Waals surface area contributed by atoms with E-state index < -0.39 is 17.5 Å². The topological polar surface area (TPSA) is 29.1 Å². The van der Waals surface area contributed by atoms with E-state index >= 15 is 0 Å². The molecule has 0 atom stereocenters. The summed E-state index contributed by atoms with van der Waals surface area (Å²) in [6, 6.07) is 1.60. The van der Waals surface area contributed by atoms with Crippen molar-refractivity contribution in [3.8, 4) is 0 Å². The van der Waals surface area contributed by atoms with Crippen LogP contribution in [0.5, 0.6) is 0 Å². The number of amides is 1. The van der Waals surface area contributed by atoms with E-state index in [1.165, 1.54) is 0 Å². The van der Waals surface area contributed by atoms with Crippen LogP contribution in [0.1, 0.15) is 30.1 Å². The number of unbranched alkanes of at least 4 members (excludes halogenated alkanes) is 1. The van der Waals surface area contributed by atoms with Gasteiger partial charge in [0.2, 0.25) is 0 Å². The van der Waals surface area contributed by atoms with E-state index in [1.54, 1.807) is 0 Å². The normalized spacial score (nSPS) is 10.2. The van der Waals surface area contributed by atoms with Gasteiger partial charge >= 0.3 is 0 Å². The van der Waals surface area contributed by atoms with Crippen LogP contribution in [0.4, 0.5) is 8.78 Å². The second-order valence-corrected chi connectivity index (χ2v) is 3.76. The van der Waals surface area contributed by atoms with Gasteiger partial charge in [-0.15, -0.1) is 0 Å². The van der Waals surface area contributed by atoms with Gasteiger partial charge in [-0.1, -0.05) is 24.9 Å². The lowest BCUT2D eigenvalue weighted by atomic mass is 10.2. The molecule has 88 valence electrons. The maximum absolute atomic E-state index is 12.9. The smallest absolute Gasteiger partial charge is 0.252 e. The van der Waals surface area contributed by atoms with Gasteiger partial charge in [0, 0.05) is 6.54 Å². The number of benzene rings is 1. The van der Waals surface area contributed by atoms with Gasteiger partial charge in [-0.05, 0) is 18.6 Å². The van der Waals surface area contributed by atoms with E-state index in [0.29, 0.717) is 6.54 Å². The molecule has 1 aromatic carbocycles. The zero-order valence-electron chi connectivity index (χ0n) is 8.82. The molecule has 2 nitrogen and oxygen atoms in total. The van der Waals surface area contributed by atoms with Crippen LogP contribution in [0.15, 0.2) is 12.1 Å². The molecule has 0 heterocycles. The quantitative estimate of drug-likeness (QED) is 0.643. The lowest BCUT2D eigenvalue weighted by molar-refractivity contribution is 0.0953. The average Bonchev–Trinajstić information content (AvgIpc) is 2.23. The molecule has 0 aliphatic carbocycles. The molecule has 0 bridgehead atoms. The molecule has 0 spiro atoms. The van der Waals surface area contributed by atoms with E-state index in [-0.39, 0.29) is 10.6 Å². The summed E-state index contributed by atoms with van der Waals surface area (Å²) in [6.45, 7) is 2.47. The van der Waals surface area contributed by atoms with Crippen LogP contribution in [0.25, 0.3) is 0 Å². The average molecular weight is 248 g/mol. The fourth-order valence-corrected chi connectivity index (χ4v) is 1.41. The lowest BCUT2D eigenvalue weighted by Crippen LogP contribution is -2.24. The Balaban J connectivity index is 2.79. The molecular weight excluding hydrogens is 236 g/mol. The maximum atomic E-state index is 12.9. The second-order valence-electron chi connectivity index (χ2n) is 3.36. The van der Waals surface area contributed by atoms with Gasteiger partial charge in [-0.25, -0.2) is 8.78 Å². The van der Waals surface area contributed by atoms with E-state index in [4.69, 9.17) is 11.6 Å². The highest BCUT2D eigenvalue weighted by Crippen LogP contribution is 2.19. The van der Waals surface area contributed by atoms with Crippen molar-refractivity contribution in [2.24, 2.45) is 0 Å². The van der Waals surface area contributed by atoms with Gasteiger partial charge in [0.15, 0.2) is 11.6 Å². The largest absolute Gasteiger partial charge is 0.352 e. The first-order chi connectivity index (χ1) is 7.56. The third kappa shape index (κ3) is 3.17. The number of rotatable bonds is 4. The number of halogens is 3. The van der Waals surface area contributed by atoms with Gasteiger partial charge in [0.05, 0.1) is 10.6 Å². The van der Waals surface area contributed by atoms with E-state index in [9.17, 15) is 13.6 Å². The fraction of sp³-hybridized carbons (Fsp3) is 0.364. The number of carbonyl (C=O) groups is 1. The molecule has 16 heavy (non-hydrogen) atoms. The highest BCUT2D eigenvalue weighted by molar-refractivity contribution is 6.33. The molecular formula is C11H12ClF2NO. The van der Waals surface area contributed by atoms with Gasteiger partial charge in [0.1, 0.15) is 0 Å². The Morgan fingerprint density at radius 2 is 2.00 bits per heavy atom. The number of nitrogens with one attached hydrogen (secondary N) is 1. The zero-order valence-corrected chi connectivity index (χ0v) is 9.57. The van der Waals surface area contributed by atoms with Crippen molar-refractivity contribution in [2.75, 3.05) is 6.54 Å². The van der Waals surface area contributed by atoms with Crippen molar-refractivity contribution in [3.05, 3.63) is 34.4 Å². The molecule has 1 aromatic rings. The Labute approximate surface area is 97.6 Å². The van der Waals surface area contributed by atoms with Crippen molar-refractivity contribution in [3.63, 3.8) is 0 Å². The van der Waals surface area contributed by atoms with Crippen molar-refractivity contribution in [1.29, 1.82) is 0 Å². The van der Waals surface area contributed by atoms with Crippen molar-refractivity contribution >= 4 is 17.5 Å². The van der Waals surface area contributed by atoms with Gasteiger partial charge in [0.25, 0.3) is 5.91 Å².